The van der Waals surface area contributed by atoms with Crippen molar-refractivity contribution in [2.75, 3.05) is 6.61 Å². The van der Waals surface area contributed by atoms with Crippen LogP contribution in [0.4, 0.5) is 0 Å². The van der Waals surface area contributed by atoms with Gasteiger partial charge in [0.15, 0.2) is 0 Å². The first-order chi connectivity index (χ1) is 10.3. The highest BCUT2D eigenvalue weighted by Crippen LogP contribution is 2.13. The van der Waals surface area contributed by atoms with Crippen LogP contribution in [0.1, 0.15) is 29.3 Å². The van der Waals surface area contributed by atoms with Crippen molar-refractivity contribution in [1.29, 1.82) is 0 Å². The van der Waals surface area contributed by atoms with Crippen LogP contribution in [0.5, 0.6) is 5.75 Å². The predicted molar refractivity (Wildman–Crippen MR) is 80.9 cm³/mol. The van der Waals surface area contributed by atoms with Gasteiger partial charge in [-0.1, -0.05) is 43.3 Å². The highest BCUT2D eigenvalue weighted by Gasteiger charge is 2.06. The average molecular weight is 285 g/mol. The van der Waals surface area contributed by atoms with Crippen LogP contribution in [0.2, 0.25) is 0 Å². The van der Waals surface area contributed by atoms with Crippen molar-refractivity contribution >= 4 is 5.91 Å². The molecule has 0 spiro atoms. The van der Waals surface area contributed by atoms with Gasteiger partial charge < -0.3 is 4.74 Å². The van der Waals surface area contributed by atoms with Crippen LogP contribution in [-0.4, -0.2) is 12.5 Å². The second-order valence-electron chi connectivity index (χ2n) is 4.58. The molecule has 0 fully saturated rings. The van der Waals surface area contributed by atoms with E-state index in [2.05, 4.69) is 5.48 Å². The SMILES string of the molecule is CCCOc1cccc(C(=O)NOCc2ccccc2)c1. The maximum atomic E-state index is 12.0. The molecule has 1 amide bonds. The van der Waals surface area contributed by atoms with Gasteiger partial charge in [-0.3, -0.25) is 9.63 Å². The number of benzene rings is 2. The zero-order chi connectivity index (χ0) is 14.9. The molecule has 2 aromatic carbocycles. The molecule has 0 unspecified atom stereocenters. The summed E-state index contributed by atoms with van der Waals surface area (Å²) in [5.41, 5.74) is 3.95. The monoisotopic (exact) mass is 285 g/mol. The minimum absolute atomic E-state index is 0.284. The third kappa shape index (κ3) is 4.93. The van der Waals surface area contributed by atoms with Gasteiger partial charge in [-0.2, -0.15) is 0 Å². The number of hydrogen-bond donors (Lipinski definition) is 1. The molecule has 4 nitrogen and oxygen atoms in total. The van der Waals surface area contributed by atoms with E-state index in [9.17, 15) is 4.79 Å². The van der Waals surface area contributed by atoms with Gasteiger partial charge in [0.1, 0.15) is 5.75 Å². The number of carbonyl (C=O) groups excluding carboxylic acids is 1. The largest absolute Gasteiger partial charge is 0.494 e. The Morgan fingerprint density at radius 1 is 1.10 bits per heavy atom. The Morgan fingerprint density at radius 2 is 1.90 bits per heavy atom. The molecule has 4 heteroatoms. The summed E-state index contributed by atoms with van der Waals surface area (Å²) in [6.07, 6.45) is 0.927. The Morgan fingerprint density at radius 3 is 2.67 bits per heavy atom. The Hall–Kier alpha value is -2.33. The number of hydroxylamine groups is 1. The summed E-state index contributed by atoms with van der Waals surface area (Å²) in [5, 5.41) is 0. The number of rotatable bonds is 7. The van der Waals surface area contributed by atoms with Crippen LogP contribution in [-0.2, 0) is 11.4 Å². The lowest BCUT2D eigenvalue weighted by molar-refractivity contribution is 0.0233. The third-order valence-corrected chi connectivity index (χ3v) is 2.82. The zero-order valence-electron chi connectivity index (χ0n) is 12.0. The average Bonchev–Trinajstić information content (AvgIpc) is 2.54. The molecule has 0 bridgehead atoms. The summed E-state index contributed by atoms with van der Waals surface area (Å²) in [5.74, 6) is 0.403. The van der Waals surface area contributed by atoms with Gasteiger partial charge >= 0.3 is 0 Å². The van der Waals surface area contributed by atoms with Crippen LogP contribution in [0, 0.1) is 0 Å². The van der Waals surface area contributed by atoms with E-state index in [-0.39, 0.29) is 5.91 Å². The molecule has 110 valence electrons. The molecule has 0 saturated heterocycles. The van der Waals surface area contributed by atoms with Crippen molar-refractivity contribution in [3.63, 3.8) is 0 Å². The number of carbonyl (C=O) groups is 1. The summed E-state index contributed by atoms with van der Waals surface area (Å²) in [7, 11) is 0. The molecule has 0 aliphatic heterocycles. The fourth-order valence-electron chi connectivity index (χ4n) is 1.77. The second-order valence-corrected chi connectivity index (χ2v) is 4.58. The van der Waals surface area contributed by atoms with E-state index in [1.54, 1.807) is 18.2 Å². The minimum Gasteiger partial charge on any atom is -0.494 e. The first-order valence-corrected chi connectivity index (χ1v) is 6.98. The van der Waals surface area contributed by atoms with Crippen molar-refractivity contribution in [2.45, 2.75) is 20.0 Å². The van der Waals surface area contributed by atoms with E-state index in [1.165, 1.54) is 0 Å². The Bertz CT molecular complexity index is 569. The normalized spacial score (nSPS) is 10.1. The summed E-state index contributed by atoms with van der Waals surface area (Å²) in [4.78, 5) is 17.2. The van der Waals surface area contributed by atoms with Crippen molar-refractivity contribution in [3.8, 4) is 5.75 Å². The zero-order valence-corrected chi connectivity index (χ0v) is 12.0. The van der Waals surface area contributed by atoms with Crippen molar-refractivity contribution in [3.05, 3.63) is 65.7 Å². The molecule has 0 heterocycles. The van der Waals surface area contributed by atoms with Gasteiger partial charge in [-0.15, -0.1) is 0 Å². The van der Waals surface area contributed by atoms with Crippen molar-refractivity contribution < 1.29 is 14.4 Å². The Labute approximate surface area is 124 Å². The maximum absolute atomic E-state index is 12.0. The van der Waals surface area contributed by atoms with Crippen LogP contribution in [0.3, 0.4) is 0 Å². The van der Waals surface area contributed by atoms with Gasteiger partial charge in [-0.05, 0) is 30.2 Å². The molecule has 2 rings (SSSR count). The van der Waals surface area contributed by atoms with Crippen LogP contribution in [0.25, 0.3) is 0 Å². The van der Waals surface area contributed by atoms with E-state index in [0.29, 0.717) is 24.5 Å². The molecule has 0 aliphatic rings. The second kappa shape index (κ2) is 8.07. The Balaban J connectivity index is 1.85. The fraction of sp³-hybridized carbons (Fsp3) is 0.235. The maximum Gasteiger partial charge on any atom is 0.274 e. The number of amides is 1. The first kappa shape index (κ1) is 15.1. The van der Waals surface area contributed by atoms with Gasteiger partial charge in [0, 0.05) is 5.56 Å². The van der Waals surface area contributed by atoms with Crippen LogP contribution in [0.15, 0.2) is 54.6 Å². The lowest BCUT2D eigenvalue weighted by atomic mass is 10.2. The lowest BCUT2D eigenvalue weighted by Crippen LogP contribution is -2.23. The molecule has 0 aliphatic carbocycles. The summed E-state index contributed by atoms with van der Waals surface area (Å²) in [6, 6.07) is 16.7. The molecular formula is C17H19NO3. The Kier molecular flexibility index (Phi) is 5.79. The van der Waals surface area contributed by atoms with E-state index >= 15 is 0 Å². The van der Waals surface area contributed by atoms with Gasteiger partial charge in [-0.25, -0.2) is 5.48 Å². The summed E-state index contributed by atoms with van der Waals surface area (Å²) < 4.78 is 5.50. The van der Waals surface area contributed by atoms with Gasteiger partial charge in [0.05, 0.1) is 13.2 Å². The van der Waals surface area contributed by atoms with Gasteiger partial charge in [0.2, 0.25) is 0 Å². The smallest absolute Gasteiger partial charge is 0.274 e. The molecule has 0 atom stereocenters. The quantitative estimate of drug-likeness (QED) is 0.794. The third-order valence-electron chi connectivity index (χ3n) is 2.82. The number of ether oxygens (including phenoxy) is 1. The van der Waals surface area contributed by atoms with Crippen LogP contribution < -0.4 is 10.2 Å². The summed E-state index contributed by atoms with van der Waals surface area (Å²) >= 11 is 0. The van der Waals surface area contributed by atoms with E-state index in [0.717, 1.165) is 12.0 Å². The molecule has 0 aromatic heterocycles. The van der Waals surface area contributed by atoms with E-state index < -0.39 is 0 Å². The first-order valence-electron chi connectivity index (χ1n) is 6.98. The predicted octanol–water partition coefficient (Wildman–Crippen LogP) is 3.34. The lowest BCUT2D eigenvalue weighted by Gasteiger charge is -2.08. The topological polar surface area (TPSA) is 47.6 Å². The molecule has 0 saturated carbocycles. The number of hydrogen-bond acceptors (Lipinski definition) is 3. The highest BCUT2D eigenvalue weighted by atomic mass is 16.6. The molecule has 0 radical (unpaired) electrons. The molecule has 1 N–H and O–H groups in total. The molecular weight excluding hydrogens is 266 g/mol. The minimum atomic E-state index is -0.284. The summed E-state index contributed by atoms with van der Waals surface area (Å²) in [6.45, 7) is 3.00. The number of nitrogens with one attached hydrogen (secondary N) is 1. The van der Waals surface area contributed by atoms with E-state index in [4.69, 9.17) is 9.57 Å². The van der Waals surface area contributed by atoms with Gasteiger partial charge in [0.25, 0.3) is 5.91 Å². The molecule has 2 aromatic rings. The highest BCUT2D eigenvalue weighted by molar-refractivity contribution is 5.93. The van der Waals surface area contributed by atoms with Crippen LogP contribution >= 0.6 is 0 Å². The fourth-order valence-corrected chi connectivity index (χ4v) is 1.77. The van der Waals surface area contributed by atoms with E-state index in [1.807, 2.05) is 43.3 Å². The standard InChI is InChI=1S/C17H19NO3/c1-2-11-20-16-10-6-9-15(12-16)17(19)18-21-13-14-7-4-3-5-8-14/h3-10,12H,2,11,13H2,1H3,(H,18,19). The van der Waals surface area contributed by atoms with Crippen molar-refractivity contribution in [1.82, 2.24) is 5.48 Å². The van der Waals surface area contributed by atoms with Crippen molar-refractivity contribution in [2.24, 2.45) is 0 Å². The molecule has 21 heavy (non-hydrogen) atoms.